The Balaban J connectivity index is 3.36. The number of nitrogens with zero attached hydrogens (tertiary/aromatic N) is 2. The quantitative estimate of drug-likeness (QED) is 0.607. The van der Waals surface area contributed by atoms with Gasteiger partial charge in [-0.05, 0) is 6.07 Å². The smallest absolute Gasteiger partial charge is 0.289 e. The standard InChI is InChI=1S/C8H6N3O5/c1-9-8(12)6-3-2-5(10(13)14)4-7(6)11(15)16/h2-4H,1H2,(H,9,12). The van der Waals surface area contributed by atoms with E-state index in [0.717, 1.165) is 18.2 Å². The van der Waals surface area contributed by atoms with Gasteiger partial charge in [-0.3, -0.25) is 25.0 Å². The second-order valence-electron chi connectivity index (χ2n) is 2.72. The summed E-state index contributed by atoms with van der Waals surface area (Å²) in [5.74, 6) is -0.776. The summed E-state index contributed by atoms with van der Waals surface area (Å²) >= 11 is 0. The molecule has 0 saturated carbocycles. The van der Waals surface area contributed by atoms with Crippen LogP contribution in [0, 0.1) is 27.3 Å². The molecule has 8 heteroatoms. The molecule has 1 radical (unpaired) electrons. The van der Waals surface area contributed by atoms with E-state index >= 15 is 0 Å². The average Bonchev–Trinajstić information content (AvgIpc) is 2.26. The van der Waals surface area contributed by atoms with Crippen LogP contribution in [0.25, 0.3) is 0 Å². The molecule has 0 heterocycles. The topological polar surface area (TPSA) is 115 Å². The lowest BCUT2D eigenvalue weighted by Crippen LogP contribution is -2.17. The summed E-state index contributed by atoms with van der Waals surface area (Å²) in [5.41, 5.74) is -1.35. The summed E-state index contributed by atoms with van der Waals surface area (Å²) in [6, 6.07) is 2.75. The number of hydrogen-bond donors (Lipinski definition) is 1. The van der Waals surface area contributed by atoms with Crippen LogP contribution in [-0.2, 0) is 0 Å². The van der Waals surface area contributed by atoms with Crippen LogP contribution in [0.1, 0.15) is 10.4 Å². The van der Waals surface area contributed by atoms with E-state index in [1.165, 1.54) is 0 Å². The Morgan fingerprint density at radius 3 is 2.31 bits per heavy atom. The molecular weight excluding hydrogens is 218 g/mol. The first-order valence-corrected chi connectivity index (χ1v) is 3.97. The molecule has 0 unspecified atom stereocenters. The zero-order valence-corrected chi connectivity index (χ0v) is 7.87. The van der Waals surface area contributed by atoms with Crippen molar-refractivity contribution in [3.05, 3.63) is 51.0 Å². The normalized spacial score (nSPS) is 9.56. The van der Waals surface area contributed by atoms with Gasteiger partial charge in [-0.15, -0.1) is 0 Å². The first-order chi connectivity index (χ1) is 7.47. The molecule has 1 aromatic carbocycles. The molecule has 8 nitrogen and oxygen atoms in total. The molecule has 16 heavy (non-hydrogen) atoms. The van der Waals surface area contributed by atoms with E-state index < -0.39 is 27.1 Å². The Bertz CT molecular complexity index is 471. The van der Waals surface area contributed by atoms with Gasteiger partial charge in [0.05, 0.1) is 15.9 Å². The van der Waals surface area contributed by atoms with Crippen LogP contribution < -0.4 is 5.32 Å². The van der Waals surface area contributed by atoms with Gasteiger partial charge >= 0.3 is 0 Å². The highest BCUT2D eigenvalue weighted by molar-refractivity contribution is 5.98. The maximum absolute atomic E-state index is 11.2. The van der Waals surface area contributed by atoms with Crippen molar-refractivity contribution < 1.29 is 14.6 Å². The van der Waals surface area contributed by atoms with Gasteiger partial charge < -0.3 is 5.32 Å². The SMILES string of the molecule is [CH2]NC(=O)c1ccc([N+](=O)[O-])cc1[N+](=O)[O-]. The first kappa shape index (κ1) is 11.6. The fourth-order valence-corrected chi connectivity index (χ4v) is 1.07. The third-order valence-corrected chi connectivity index (χ3v) is 1.79. The Morgan fingerprint density at radius 1 is 1.25 bits per heavy atom. The molecule has 0 fully saturated rings. The minimum atomic E-state index is -0.864. The highest BCUT2D eigenvalue weighted by atomic mass is 16.6. The fraction of sp³-hybridized carbons (Fsp3) is 0. The molecule has 0 aliphatic carbocycles. The van der Waals surface area contributed by atoms with E-state index in [0.29, 0.717) is 0 Å². The molecule has 0 aliphatic heterocycles. The second-order valence-corrected chi connectivity index (χ2v) is 2.72. The Morgan fingerprint density at radius 2 is 1.88 bits per heavy atom. The largest absolute Gasteiger partial charge is 0.350 e. The minimum Gasteiger partial charge on any atom is -0.350 e. The highest BCUT2D eigenvalue weighted by Gasteiger charge is 2.23. The average molecular weight is 224 g/mol. The lowest BCUT2D eigenvalue weighted by molar-refractivity contribution is -0.394. The van der Waals surface area contributed by atoms with Gasteiger partial charge in [-0.2, -0.15) is 0 Å². The van der Waals surface area contributed by atoms with E-state index in [9.17, 15) is 25.0 Å². The molecule has 0 atom stereocenters. The molecule has 0 aromatic heterocycles. The van der Waals surface area contributed by atoms with Crippen LogP contribution in [-0.4, -0.2) is 15.8 Å². The summed E-state index contributed by atoms with van der Waals surface area (Å²) in [7, 11) is 3.06. The van der Waals surface area contributed by atoms with Crippen molar-refractivity contribution in [2.75, 3.05) is 0 Å². The zero-order chi connectivity index (χ0) is 12.3. The van der Waals surface area contributed by atoms with Crippen molar-refractivity contribution in [1.29, 1.82) is 0 Å². The Hall–Kier alpha value is -2.51. The van der Waals surface area contributed by atoms with E-state index in [1.54, 1.807) is 0 Å². The van der Waals surface area contributed by atoms with Crippen molar-refractivity contribution in [3.63, 3.8) is 0 Å². The summed E-state index contributed by atoms with van der Waals surface area (Å²) in [4.78, 5) is 30.5. The first-order valence-electron chi connectivity index (χ1n) is 3.97. The molecule has 1 rings (SSSR count). The number of nitro benzene ring substituents is 2. The Labute approximate surface area is 89.2 Å². The van der Waals surface area contributed by atoms with Crippen molar-refractivity contribution >= 4 is 17.3 Å². The van der Waals surface area contributed by atoms with Crippen LogP contribution in [0.15, 0.2) is 18.2 Å². The lowest BCUT2D eigenvalue weighted by atomic mass is 10.1. The van der Waals surface area contributed by atoms with Gasteiger partial charge in [0.25, 0.3) is 17.3 Å². The van der Waals surface area contributed by atoms with Gasteiger partial charge in [-0.25, -0.2) is 0 Å². The molecule has 1 amide bonds. The van der Waals surface area contributed by atoms with Crippen molar-refractivity contribution in [3.8, 4) is 0 Å². The third-order valence-electron chi connectivity index (χ3n) is 1.79. The summed E-state index contributed by atoms with van der Waals surface area (Å²) < 4.78 is 0. The van der Waals surface area contributed by atoms with Crippen molar-refractivity contribution in [1.82, 2.24) is 5.32 Å². The van der Waals surface area contributed by atoms with Gasteiger partial charge in [-0.1, -0.05) is 0 Å². The maximum atomic E-state index is 11.2. The van der Waals surface area contributed by atoms with Gasteiger partial charge in [0.15, 0.2) is 0 Å². The number of benzene rings is 1. The van der Waals surface area contributed by atoms with Crippen LogP contribution >= 0.6 is 0 Å². The fourth-order valence-electron chi connectivity index (χ4n) is 1.07. The molecular formula is C8H6N3O5. The lowest BCUT2D eigenvalue weighted by Gasteiger charge is -2.00. The number of amides is 1. The van der Waals surface area contributed by atoms with Crippen LogP contribution in [0.3, 0.4) is 0 Å². The summed E-state index contributed by atoms with van der Waals surface area (Å²) in [5, 5.41) is 23.0. The monoisotopic (exact) mass is 224 g/mol. The highest BCUT2D eigenvalue weighted by Crippen LogP contribution is 2.24. The number of nitro groups is 2. The minimum absolute atomic E-state index is 0.273. The molecule has 0 spiro atoms. The van der Waals surface area contributed by atoms with Crippen molar-refractivity contribution in [2.24, 2.45) is 0 Å². The molecule has 83 valence electrons. The predicted molar refractivity (Wildman–Crippen MR) is 52.6 cm³/mol. The van der Waals surface area contributed by atoms with Crippen LogP contribution in [0.4, 0.5) is 11.4 Å². The van der Waals surface area contributed by atoms with Gasteiger partial charge in [0, 0.05) is 13.1 Å². The number of carbonyl (C=O) groups excluding carboxylic acids is 1. The molecule has 1 N–H and O–H groups in total. The summed E-state index contributed by atoms with van der Waals surface area (Å²) in [6.45, 7) is 0. The van der Waals surface area contributed by atoms with E-state index in [-0.39, 0.29) is 5.56 Å². The molecule has 0 aliphatic rings. The van der Waals surface area contributed by atoms with Gasteiger partial charge in [0.2, 0.25) is 0 Å². The number of nitrogens with one attached hydrogen (secondary N) is 1. The van der Waals surface area contributed by atoms with Crippen LogP contribution in [0.2, 0.25) is 0 Å². The van der Waals surface area contributed by atoms with E-state index in [2.05, 4.69) is 7.05 Å². The predicted octanol–water partition coefficient (Wildman–Crippen LogP) is 1.02. The Kier molecular flexibility index (Phi) is 3.14. The molecule has 0 saturated heterocycles. The van der Waals surface area contributed by atoms with Crippen LogP contribution in [0.5, 0.6) is 0 Å². The molecule has 1 aromatic rings. The zero-order valence-electron chi connectivity index (χ0n) is 7.87. The second kappa shape index (κ2) is 4.34. The number of non-ortho nitro benzene ring substituents is 1. The number of carbonyl (C=O) groups is 1. The summed E-state index contributed by atoms with van der Waals surface area (Å²) in [6.07, 6.45) is 0. The van der Waals surface area contributed by atoms with E-state index in [4.69, 9.17) is 0 Å². The van der Waals surface area contributed by atoms with Crippen molar-refractivity contribution in [2.45, 2.75) is 0 Å². The number of hydrogen-bond acceptors (Lipinski definition) is 5. The molecule has 0 bridgehead atoms. The number of rotatable bonds is 3. The third kappa shape index (κ3) is 2.11. The maximum Gasteiger partial charge on any atom is 0.289 e. The van der Waals surface area contributed by atoms with E-state index in [1.807, 2.05) is 5.32 Å². The van der Waals surface area contributed by atoms with Gasteiger partial charge in [0.1, 0.15) is 5.56 Å².